The van der Waals surface area contributed by atoms with Crippen molar-refractivity contribution in [1.29, 1.82) is 5.26 Å². The van der Waals surface area contributed by atoms with Crippen molar-refractivity contribution in [2.24, 2.45) is 0 Å². The smallest absolute Gasteiger partial charge is 0.304 e. The van der Waals surface area contributed by atoms with Crippen LogP contribution in [0.1, 0.15) is 19.3 Å². The Balaban J connectivity index is 3.74. The number of hydrogen-bond donors (Lipinski definition) is 2. The Morgan fingerprint density at radius 3 is 2.64 bits per heavy atom. The molecule has 7 heteroatoms. The highest BCUT2D eigenvalue weighted by Gasteiger charge is 2.11. The molecule has 6 nitrogen and oxygen atoms in total. The van der Waals surface area contributed by atoms with Gasteiger partial charge in [-0.2, -0.15) is 5.26 Å². The van der Waals surface area contributed by atoms with Gasteiger partial charge in [-0.15, -0.1) is 0 Å². The monoisotopic (exact) mass is 220 g/mol. The summed E-state index contributed by atoms with van der Waals surface area (Å²) in [6.07, 6.45) is 0.303. The topological polar surface area (TPSA) is 107 Å². The van der Waals surface area contributed by atoms with Gasteiger partial charge >= 0.3 is 5.97 Å². The highest BCUT2D eigenvalue weighted by Crippen LogP contribution is 1.91. The maximum atomic E-state index is 11.0. The summed E-state index contributed by atoms with van der Waals surface area (Å²) in [5.41, 5.74) is 0. The molecule has 0 heterocycles. The number of unbranched alkanes of at least 4 members (excludes halogenated alkanes) is 1. The number of carboxylic acids is 1. The molecule has 0 aromatic heterocycles. The van der Waals surface area contributed by atoms with Crippen LogP contribution in [0.25, 0.3) is 0 Å². The number of aliphatic carboxylic acids is 1. The Bertz CT molecular complexity index is 317. The van der Waals surface area contributed by atoms with Crippen LogP contribution >= 0.6 is 0 Å². The molecule has 0 fully saturated rings. The van der Waals surface area contributed by atoms with Crippen LogP contribution in [0.15, 0.2) is 0 Å². The molecule has 0 aromatic carbocycles. The van der Waals surface area contributed by atoms with Crippen molar-refractivity contribution < 1.29 is 18.3 Å². The molecule has 0 atom stereocenters. The molecule has 0 unspecified atom stereocenters. The molecule has 0 aliphatic rings. The van der Waals surface area contributed by atoms with Gasteiger partial charge in [-0.25, -0.2) is 13.1 Å². The van der Waals surface area contributed by atoms with Crippen molar-refractivity contribution in [1.82, 2.24) is 4.72 Å². The summed E-state index contributed by atoms with van der Waals surface area (Å²) in [5.74, 6) is -1.57. The fraction of sp³-hybridized carbons (Fsp3) is 0.714. The molecule has 14 heavy (non-hydrogen) atoms. The summed E-state index contributed by atoms with van der Waals surface area (Å²) in [4.78, 5) is 10.1. The first kappa shape index (κ1) is 12.9. The Hall–Kier alpha value is -1.13. The summed E-state index contributed by atoms with van der Waals surface area (Å²) in [6.45, 7) is 0.176. The molecular weight excluding hydrogens is 208 g/mol. The molecule has 0 bridgehead atoms. The minimum absolute atomic E-state index is 0.176. The van der Waals surface area contributed by atoms with Gasteiger partial charge < -0.3 is 5.11 Å². The molecule has 80 valence electrons. The normalized spacial score (nSPS) is 10.8. The van der Waals surface area contributed by atoms with E-state index in [1.807, 2.05) is 6.07 Å². The zero-order valence-electron chi connectivity index (χ0n) is 7.56. The largest absolute Gasteiger partial charge is 0.481 e. The van der Waals surface area contributed by atoms with Crippen LogP contribution in [-0.4, -0.2) is 31.8 Å². The average Bonchev–Trinajstić information content (AvgIpc) is 2.10. The van der Waals surface area contributed by atoms with Crippen molar-refractivity contribution in [2.45, 2.75) is 19.3 Å². The molecule has 0 saturated carbocycles. The van der Waals surface area contributed by atoms with Crippen molar-refractivity contribution in [3.8, 4) is 6.07 Å². The molecule has 0 amide bonds. The van der Waals surface area contributed by atoms with Crippen molar-refractivity contribution >= 4 is 16.0 Å². The van der Waals surface area contributed by atoms with Gasteiger partial charge in [-0.05, 0) is 6.42 Å². The van der Waals surface area contributed by atoms with Crippen molar-refractivity contribution in [3.05, 3.63) is 0 Å². The zero-order valence-corrected chi connectivity index (χ0v) is 8.38. The summed E-state index contributed by atoms with van der Waals surface area (Å²) in [5, 5.41) is 16.4. The standard InChI is InChI=1S/C7H12N2O4S/c8-4-1-2-5-9-14(12,13)6-3-7(10)11/h9H,1-3,5-6H2,(H,10,11). The van der Waals surface area contributed by atoms with Gasteiger partial charge in [0.25, 0.3) is 0 Å². The number of nitrogens with zero attached hydrogens (tertiary/aromatic N) is 1. The third-order valence-electron chi connectivity index (χ3n) is 1.37. The number of hydrogen-bond acceptors (Lipinski definition) is 4. The first-order chi connectivity index (χ1) is 6.48. The molecular formula is C7H12N2O4S. The lowest BCUT2D eigenvalue weighted by Gasteiger charge is -2.03. The average molecular weight is 220 g/mol. The van der Waals surface area contributed by atoms with Crippen molar-refractivity contribution in [3.63, 3.8) is 0 Å². The maximum absolute atomic E-state index is 11.0. The van der Waals surface area contributed by atoms with Crippen LogP contribution in [0.5, 0.6) is 0 Å². The van der Waals surface area contributed by atoms with E-state index in [-0.39, 0.29) is 13.0 Å². The van der Waals surface area contributed by atoms with Gasteiger partial charge in [0.15, 0.2) is 0 Å². The second-order valence-electron chi connectivity index (χ2n) is 2.62. The molecule has 0 aliphatic heterocycles. The van der Waals surface area contributed by atoms with E-state index in [0.717, 1.165) is 0 Å². The molecule has 0 saturated heterocycles. The number of sulfonamides is 1. The van der Waals surface area contributed by atoms with Crippen LogP contribution in [0.2, 0.25) is 0 Å². The minimum atomic E-state index is -3.50. The van der Waals surface area contributed by atoms with Crippen LogP contribution in [0.4, 0.5) is 0 Å². The van der Waals surface area contributed by atoms with Gasteiger partial charge in [0.2, 0.25) is 10.0 Å². The molecule has 0 rings (SSSR count). The zero-order chi connectivity index (χ0) is 11.0. The van der Waals surface area contributed by atoms with E-state index in [0.29, 0.717) is 6.42 Å². The fourth-order valence-corrected chi connectivity index (χ4v) is 1.73. The molecule has 0 aliphatic carbocycles. The summed E-state index contributed by atoms with van der Waals surface area (Å²) >= 11 is 0. The van der Waals surface area contributed by atoms with Gasteiger partial charge in [-0.1, -0.05) is 0 Å². The first-order valence-corrected chi connectivity index (χ1v) is 5.69. The predicted molar refractivity (Wildman–Crippen MR) is 48.9 cm³/mol. The van der Waals surface area contributed by atoms with Crippen LogP contribution in [0, 0.1) is 11.3 Å². The fourth-order valence-electron chi connectivity index (χ4n) is 0.689. The van der Waals surface area contributed by atoms with Crippen LogP contribution in [0.3, 0.4) is 0 Å². The number of carboxylic acid groups (broad SMARTS) is 1. The van der Waals surface area contributed by atoms with Gasteiger partial charge in [0.05, 0.1) is 18.2 Å². The SMILES string of the molecule is N#CCCCNS(=O)(=O)CCC(=O)O. The second kappa shape index (κ2) is 6.34. The minimum Gasteiger partial charge on any atom is -0.481 e. The summed E-state index contributed by atoms with van der Waals surface area (Å²) in [7, 11) is -3.50. The lowest BCUT2D eigenvalue weighted by atomic mass is 10.3. The third-order valence-corrected chi connectivity index (χ3v) is 2.76. The van der Waals surface area contributed by atoms with Crippen molar-refractivity contribution in [2.75, 3.05) is 12.3 Å². The van der Waals surface area contributed by atoms with Gasteiger partial charge in [-0.3, -0.25) is 4.79 Å². The Kier molecular flexibility index (Phi) is 5.83. The summed E-state index contributed by atoms with van der Waals surface area (Å²) in [6, 6.07) is 1.88. The van der Waals surface area contributed by atoms with E-state index in [2.05, 4.69) is 4.72 Å². The lowest BCUT2D eigenvalue weighted by Crippen LogP contribution is -2.28. The van der Waals surface area contributed by atoms with Crippen LogP contribution < -0.4 is 4.72 Å². The highest BCUT2D eigenvalue weighted by molar-refractivity contribution is 7.89. The lowest BCUT2D eigenvalue weighted by molar-refractivity contribution is -0.136. The number of nitriles is 1. The number of carbonyl (C=O) groups is 1. The quantitative estimate of drug-likeness (QED) is 0.572. The highest BCUT2D eigenvalue weighted by atomic mass is 32.2. The van der Waals surface area contributed by atoms with E-state index >= 15 is 0 Å². The Morgan fingerprint density at radius 1 is 1.50 bits per heavy atom. The third kappa shape index (κ3) is 7.52. The first-order valence-electron chi connectivity index (χ1n) is 4.04. The Morgan fingerprint density at radius 2 is 2.14 bits per heavy atom. The second-order valence-corrected chi connectivity index (χ2v) is 4.55. The van der Waals surface area contributed by atoms with E-state index in [9.17, 15) is 13.2 Å². The number of rotatable bonds is 7. The molecule has 0 radical (unpaired) electrons. The van der Waals surface area contributed by atoms with E-state index in [1.54, 1.807) is 0 Å². The van der Waals surface area contributed by atoms with Crippen LogP contribution in [-0.2, 0) is 14.8 Å². The van der Waals surface area contributed by atoms with Gasteiger partial charge in [0.1, 0.15) is 0 Å². The maximum Gasteiger partial charge on any atom is 0.304 e. The molecule has 2 N–H and O–H groups in total. The Labute approximate surface area is 82.6 Å². The van der Waals surface area contributed by atoms with Gasteiger partial charge in [0, 0.05) is 13.0 Å². The van der Waals surface area contributed by atoms with E-state index in [1.165, 1.54) is 0 Å². The number of nitrogens with one attached hydrogen (secondary N) is 1. The summed E-state index contributed by atoms with van der Waals surface area (Å²) < 4.78 is 24.3. The predicted octanol–water partition coefficient (Wildman–Crippen LogP) is -0.316. The molecule has 0 aromatic rings. The molecule has 0 spiro atoms. The van der Waals surface area contributed by atoms with E-state index < -0.39 is 28.2 Å². The van der Waals surface area contributed by atoms with E-state index in [4.69, 9.17) is 10.4 Å².